The molecule has 0 bridgehead atoms. The maximum absolute atomic E-state index is 5.62. The van der Waals surface area contributed by atoms with Crippen molar-refractivity contribution >= 4 is 16.8 Å². The lowest BCUT2D eigenvalue weighted by Gasteiger charge is -2.36. The molecule has 0 saturated carbocycles. The number of nitrogens with zero attached hydrogens (tertiary/aromatic N) is 3. The van der Waals surface area contributed by atoms with Crippen molar-refractivity contribution < 1.29 is 4.74 Å². The van der Waals surface area contributed by atoms with Crippen LogP contribution in [0.1, 0.15) is 39.2 Å². The van der Waals surface area contributed by atoms with Gasteiger partial charge in [-0.05, 0) is 50.7 Å². The maximum Gasteiger partial charge on any atom is 0.119 e. The summed E-state index contributed by atoms with van der Waals surface area (Å²) in [5.41, 5.74) is 6.10. The number of aliphatic imine (C=N–C) groups is 1. The van der Waals surface area contributed by atoms with Crippen LogP contribution in [0.5, 0.6) is 0 Å². The number of ether oxygens (including phenoxy) is 1. The fourth-order valence-electron chi connectivity index (χ4n) is 4.03. The second-order valence-electron chi connectivity index (χ2n) is 8.57. The molecular formula is C29H40N4OS. The number of allylic oxidation sites excluding steroid dienone is 4. The number of rotatable bonds is 10. The quantitative estimate of drug-likeness (QED) is 0.249. The van der Waals surface area contributed by atoms with Crippen LogP contribution in [0.4, 0.5) is 0 Å². The third-order valence-electron chi connectivity index (χ3n) is 5.86. The highest BCUT2D eigenvalue weighted by atomic mass is 32.2. The minimum absolute atomic E-state index is 0.133. The van der Waals surface area contributed by atoms with Crippen molar-refractivity contribution in [2.75, 3.05) is 32.6 Å². The van der Waals surface area contributed by atoms with Crippen molar-refractivity contribution in [3.8, 4) is 0 Å². The number of benzene rings is 1. The second-order valence-corrected chi connectivity index (χ2v) is 9.37. The van der Waals surface area contributed by atoms with Gasteiger partial charge in [0.2, 0.25) is 0 Å². The van der Waals surface area contributed by atoms with Crippen molar-refractivity contribution in [3.63, 3.8) is 0 Å². The summed E-state index contributed by atoms with van der Waals surface area (Å²) >= 11 is 1.71. The van der Waals surface area contributed by atoms with E-state index in [0.29, 0.717) is 0 Å². The predicted octanol–water partition coefficient (Wildman–Crippen LogP) is 5.92. The van der Waals surface area contributed by atoms with Gasteiger partial charge in [-0.15, -0.1) is 11.8 Å². The van der Waals surface area contributed by atoms with E-state index in [1.54, 1.807) is 11.8 Å². The zero-order chi connectivity index (χ0) is 24.9. The molecule has 2 unspecified atom stereocenters. The summed E-state index contributed by atoms with van der Waals surface area (Å²) in [7, 11) is 0. The molecule has 3 rings (SSSR count). The molecular weight excluding hydrogens is 452 g/mol. The van der Waals surface area contributed by atoms with E-state index in [0.717, 1.165) is 44.2 Å². The lowest BCUT2D eigenvalue weighted by atomic mass is 10.1. The number of morpholine rings is 1. The lowest BCUT2D eigenvalue weighted by molar-refractivity contribution is 0.0380. The summed E-state index contributed by atoms with van der Waals surface area (Å²) < 4.78 is 5.62. The normalized spacial score (nSPS) is 21.0. The van der Waals surface area contributed by atoms with E-state index in [2.05, 4.69) is 115 Å². The minimum atomic E-state index is 0.133. The van der Waals surface area contributed by atoms with Crippen molar-refractivity contribution in [2.45, 2.75) is 45.7 Å². The number of hydrogen-bond acceptors (Lipinski definition) is 6. The SMILES string of the molecule is C\C=C/C(=C\C=C\CC)C1C=CN(/C(=C\CC(C)/N=C(\SC)c2ccccc2)N2CCOCC2)N1. The Labute approximate surface area is 216 Å². The maximum atomic E-state index is 5.62. The van der Waals surface area contributed by atoms with Crippen molar-refractivity contribution in [1.82, 2.24) is 15.3 Å². The standard InChI is InChI=1S/C29H40N4OS/c1-5-7-9-13-25(12-6-2)27-18-19-33(31-27)28(32-20-22-34-23-21-32)17-16-24(3)30-29(35-4)26-14-10-8-11-15-26/h6-15,17-19,24,27,31H,5,16,20-23H2,1-4H3/b9-7+,12-6-,25-13+,28-17-,30-29-. The van der Waals surface area contributed by atoms with Gasteiger partial charge < -0.3 is 9.64 Å². The zero-order valence-electron chi connectivity index (χ0n) is 21.6. The van der Waals surface area contributed by atoms with E-state index in [1.807, 2.05) is 6.07 Å². The van der Waals surface area contributed by atoms with Gasteiger partial charge in [-0.2, -0.15) is 0 Å². The van der Waals surface area contributed by atoms with E-state index >= 15 is 0 Å². The van der Waals surface area contributed by atoms with Crippen molar-refractivity contribution in [3.05, 3.63) is 96.0 Å². The van der Waals surface area contributed by atoms with Gasteiger partial charge in [0.25, 0.3) is 0 Å². The van der Waals surface area contributed by atoms with Gasteiger partial charge in [0.05, 0.1) is 30.3 Å². The van der Waals surface area contributed by atoms with Gasteiger partial charge in [-0.1, -0.05) is 67.6 Å². The monoisotopic (exact) mass is 492 g/mol. The summed E-state index contributed by atoms with van der Waals surface area (Å²) in [4.78, 5) is 7.43. The number of nitrogens with one attached hydrogen (secondary N) is 1. The molecule has 1 N–H and O–H groups in total. The van der Waals surface area contributed by atoms with Crippen molar-refractivity contribution in [2.24, 2.45) is 4.99 Å². The van der Waals surface area contributed by atoms with Crippen LogP contribution in [0.25, 0.3) is 0 Å². The first kappa shape index (κ1) is 27.1. The van der Waals surface area contributed by atoms with Crippen molar-refractivity contribution in [1.29, 1.82) is 0 Å². The van der Waals surface area contributed by atoms with Gasteiger partial charge in [0, 0.05) is 24.9 Å². The van der Waals surface area contributed by atoms with Crippen LogP contribution in [0.2, 0.25) is 0 Å². The Morgan fingerprint density at radius 2 is 2.03 bits per heavy atom. The predicted molar refractivity (Wildman–Crippen MR) is 151 cm³/mol. The highest BCUT2D eigenvalue weighted by Crippen LogP contribution is 2.21. The molecule has 0 spiro atoms. The van der Waals surface area contributed by atoms with Crippen LogP contribution in [-0.4, -0.2) is 59.6 Å². The molecule has 0 amide bonds. The molecule has 0 radical (unpaired) electrons. The fraction of sp³-hybridized carbons (Fsp3) is 0.414. The summed E-state index contributed by atoms with van der Waals surface area (Å²) in [6.07, 6.45) is 21.5. The van der Waals surface area contributed by atoms with Gasteiger partial charge in [0.15, 0.2) is 0 Å². The zero-order valence-corrected chi connectivity index (χ0v) is 22.4. The molecule has 2 atom stereocenters. The number of hydrazine groups is 1. The van der Waals surface area contributed by atoms with Gasteiger partial charge in [-0.25, -0.2) is 5.43 Å². The minimum Gasteiger partial charge on any atom is -0.378 e. The largest absolute Gasteiger partial charge is 0.378 e. The highest BCUT2D eigenvalue weighted by molar-refractivity contribution is 8.13. The molecule has 0 aliphatic carbocycles. The third-order valence-corrected chi connectivity index (χ3v) is 6.59. The first-order valence-electron chi connectivity index (χ1n) is 12.6. The third kappa shape index (κ3) is 8.27. The molecule has 2 aliphatic heterocycles. The van der Waals surface area contributed by atoms with Crippen LogP contribution in [0.15, 0.2) is 95.5 Å². The Hall–Kier alpha value is -2.54. The average molecular weight is 493 g/mol. The van der Waals surface area contributed by atoms with Crippen LogP contribution in [-0.2, 0) is 4.74 Å². The molecule has 2 heterocycles. The summed E-state index contributed by atoms with van der Waals surface area (Å²) in [6, 6.07) is 10.7. The van der Waals surface area contributed by atoms with Crippen LogP contribution in [0.3, 0.4) is 0 Å². The topological polar surface area (TPSA) is 40.1 Å². The van der Waals surface area contributed by atoms with Crippen LogP contribution in [0, 0.1) is 0 Å². The molecule has 2 aliphatic rings. The molecule has 1 aromatic rings. The fourth-order valence-corrected chi connectivity index (χ4v) is 4.69. The summed E-state index contributed by atoms with van der Waals surface area (Å²) in [6.45, 7) is 9.68. The lowest BCUT2D eigenvalue weighted by Crippen LogP contribution is -2.45. The van der Waals surface area contributed by atoms with Gasteiger partial charge in [-0.3, -0.25) is 10.0 Å². The summed E-state index contributed by atoms with van der Waals surface area (Å²) in [5.74, 6) is 1.17. The molecule has 1 saturated heterocycles. The van der Waals surface area contributed by atoms with Gasteiger partial charge >= 0.3 is 0 Å². The van der Waals surface area contributed by atoms with E-state index in [4.69, 9.17) is 9.73 Å². The smallest absolute Gasteiger partial charge is 0.119 e. The highest BCUT2D eigenvalue weighted by Gasteiger charge is 2.24. The Balaban J connectivity index is 1.77. The first-order chi connectivity index (χ1) is 17.2. The Bertz CT molecular complexity index is 958. The molecule has 1 fully saturated rings. The molecule has 5 nitrogen and oxygen atoms in total. The molecule has 35 heavy (non-hydrogen) atoms. The molecule has 6 heteroatoms. The molecule has 188 valence electrons. The van der Waals surface area contributed by atoms with Gasteiger partial charge in [0.1, 0.15) is 5.82 Å². The number of thioether (sulfide) groups is 1. The Morgan fingerprint density at radius 3 is 2.71 bits per heavy atom. The van der Waals surface area contributed by atoms with Crippen LogP contribution >= 0.6 is 11.8 Å². The van der Waals surface area contributed by atoms with E-state index in [-0.39, 0.29) is 12.1 Å². The Kier molecular flexibility index (Phi) is 11.4. The van der Waals surface area contributed by atoms with E-state index in [1.165, 1.54) is 17.0 Å². The van der Waals surface area contributed by atoms with E-state index < -0.39 is 0 Å². The average Bonchev–Trinajstić information content (AvgIpc) is 3.38. The first-order valence-corrected chi connectivity index (χ1v) is 13.8. The van der Waals surface area contributed by atoms with E-state index in [9.17, 15) is 0 Å². The number of hydrogen-bond donors (Lipinski definition) is 1. The summed E-state index contributed by atoms with van der Waals surface area (Å²) in [5, 5.41) is 3.25. The molecule has 0 aromatic heterocycles. The Morgan fingerprint density at radius 1 is 1.26 bits per heavy atom. The van der Waals surface area contributed by atoms with Crippen LogP contribution < -0.4 is 5.43 Å². The molecule has 1 aromatic carbocycles. The second kappa shape index (κ2) is 14.8.